The third-order valence-electron chi connectivity index (χ3n) is 18.1. The lowest BCUT2D eigenvalue weighted by Crippen LogP contribution is -1.93. The van der Waals surface area contributed by atoms with E-state index in [2.05, 4.69) is 30.3 Å². The fourth-order valence-electron chi connectivity index (χ4n) is 14.0. The molecule has 442 valence electrons. The van der Waals surface area contributed by atoms with Crippen molar-refractivity contribution in [3.8, 4) is 89.0 Å². The molecule has 18 aromatic carbocycles. The number of hydrogen-bond acceptors (Lipinski definition) is 1. The average molecular weight is 1230 g/mol. The van der Waals surface area contributed by atoms with Gasteiger partial charge < -0.3 is 4.42 Å². The van der Waals surface area contributed by atoms with Gasteiger partial charge in [0.25, 0.3) is 0 Å². The summed E-state index contributed by atoms with van der Waals surface area (Å²) in [5.74, 6) is 0. The molecule has 1 heterocycles. The summed E-state index contributed by atoms with van der Waals surface area (Å²) in [5, 5.41) is 7.85. The summed E-state index contributed by atoms with van der Waals surface area (Å²) >= 11 is 0. The highest BCUT2D eigenvalue weighted by molar-refractivity contribution is 6.26. The van der Waals surface area contributed by atoms with Gasteiger partial charge in [0.2, 0.25) is 0 Å². The average Bonchev–Trinajstić information content (AvgIpc) is 0.771. The number of fused-ring (bicyclic) bond motifs is 10. The first-order valence-corrected chi connectivity index (χ1v) is 31.1. The third-order valence-corrected chi connectivity index (χ3v) is 18.1. The molecule has 0 radical (unpaired) electrons. The van der Waals surface area contributed by atoms with Crippen molar-refractivity contribution in [2.45, 2.75) is 0 Å². The smallest absolute Gasteiger partial charge is 0.136 e. The Kier molecular flexibility index (Phi) is 9.30. The molecule has 95 heavy (non-hydrogen) atoms. The molecule has 0 spiro atoms. The second-order valence-corrected chi connectivity index (χ2v) is 23.3. The first kappa shape index (κ1) is 37.8. The molecule has 1 nitrogen and oxygen atoms in total. The van der Waals surface area contributed by atoms with Crippen LogP contribution in [-0.4, -0.2) is 0 Å². The summed E-state index contributed by atoms with van der Waals surface area (Å²) < 4.78 is 195. The molecule has 0 saturated carbocycles. The van der Waals surface area contributed by atoms with Crippen molar-refractivity contribution in [2.24, 2.45) is 0 Å². The first-order valence-electron chi connectivity index (χ1n) is 41.6. The Morgan fingerprint density at radius 3 is 1.29 bits per heavy atom. The largest absolute Gasteiger partial charge is 0.456 e. The minimum Gasteiger partial charge on any atom is -0.456 e. The van der Waals surface area contributed by atoms with Crippen LogP contribution in [0.5, 0.6) is 0 Å². The molecular weight excluding hydrogens is 1150 g/mol. The Morgan fingerprint density at radius 2 is 0.642 bits per heavy atom. The van der Waals surface area contributed by atoms with E-state index in [0.29, 0.717) is 38.8 Å². The lowest BCUT2D eigenvalue weighted by atomic mass is 9.82. The molecule has 0 aliphatic rings. The standard InChI is InChI=1S/C48H30O.C46H30/c1-3-14-31(15-4-1)33-26-27-44-43(29-33)48-41(24-13-25-45(48)49-44)42-30-35(28-34-18-7-8-19-36(34)42)47-39-22-11-9-20-37(39)46(32-16-5-2-6-17-32)38-21-10-12-23-40(38)47;1-2-15-32(16-3-1)35-18-6-7-19-39(35)45-41-20-8-10-22-43(41)46(44-23-11-9-21-42(44)45)40-27-13-25-37-36(24-12-26-38(37)40)34-29-28-31-14-4-5-17-33(31)30-34/h1-30H;1-30H/i9D,10D,11D,12D,20D,21D,22D,23D;1D,2D,3D,8D,9D,10D,11D,15D,16D,20D,21D,22D,23D. The lowest BCUT2D eigenvalue weighted by molar-refractivity contribution is 0.669. The highest BCUT2D eigenvalue weighted by Gasteiger charge is 2.23. The predicted molar refractivity (Wildman–Crippen MR) is 406 cm³/mol. The molecule has 1 heteroatoms. The minimum atomic E-state index is -0.594. The van der Waals surface area contributed by atoms with Gasteiger partial charge in [0.15, 0.2) is 0 Å². The molecule has 0 atom stereocenters. The second-order valence-electron chi connectivity index (χ2n) is 23.3. The van der Waals surface area contributed by atoms with Crippen LogP contribution in [0.3, 0.4) is 0 Å². The van der Waals surface area contributed by atoms with E-state index < -0.39 is 103 Å². The summed E-state index contributed by atoms with van der Waals surface area (Å²) in [4.78, 5) is 0. The quantitative estimate of drug-likeness (QED) is 0.138. The van der Waals surface area contributed by atoms with Gasteiger partial charge in [0.05, 0.1) is 28.8 Å². The van der Waals surface area contributed by atoms with Crippen molar-refractivity contribution in [1.29, 1.82) is 0 Å². The molecule has 0 aliphatic carbocycles. The first-order chi connectivity index (χ1) is 55.9. The van der Waals surface area contributed by atoms with Gasteiger partial charge in [0.1, 0.15) is 11.2 Å². The van der Waals surface area contributed by atoms with E-state index in [9.17, 15) is 11.0 Å². The van der Waals surface area contributed by atoms with Crippen molar-refractivity contribution >= 4 is 97.3 Å². The molecule has 0 bridgehead atoms. The van der Waals surface area contributed by atoms with Gasteiger partial charge in [-0.05, 0) is 201 Å². The van der Waals surface area contributed by atoms with Crippen LogP contribution in [0.1, 0.15) is 28.8 Å². The summed E-state index contributed by atoms with van der Waals surface area (Å²) in [5.41, 5.74) is 9.59. The molecule has 0 unspecified atom stereocenters. The molecular formula is C94H60O. The van der Waals surface area contributed by atoms with E-state index in [4.69, 9.17) is 22.2 Å². The molecule has 19 aromatic rings. The van der Waals surface area contributed by atoms with Gasteiger partial charge in [-0.1, -0.05) is 327 Å². The summed E-state index contributed by atoms with van der Waals surface area (Å²) in [6.45, 7) is 0. The maximum absolute atomic E-state index is 9.48. The number of benzene rings is 18. The lowest BCUT2D eigenvalue weighted by Gasteiger charge is -2.20. The maximum atomic E-state index is 9.48. The summed E-state index contributed by atoms with van der Waals surface area (Å²) in [6.07, 6.45) is 0. The van der Waals surface area contributed by atoms with Crippen molar-refractivity contribution in [3.63, 3.8) is 0 Å². The summed E-state index contributed by atoms with van der Waals surface area (Å²) in [6, 6.07) is 65.3. The van der Waals surface area contributed by atoms with Crippen molar-refractivity contribution < 1.29 is 33.2 Å². The van der Waals surface area contributed by atoms with Gasteiger partial charge in [0, 0.05) is 10.8 Å². The molecule has 19 rings (SSSR count). The third kappa shape index (κ3) is 9.55. The number of hydrogen-bond donors (Lipinski definition) is 0. The maximum Gasteiger partial charge on any atom is 0.136 e. The normalized spacial score (nSPS) is 14.7. The Labute approximate surface area is 580 Å². The molecule has 0 amide bonds. The van der Waals surface area contributed by atoms with Crippen molar-refractivity contribution in [1.82, 2.24) is 0 Å². The topological polar surface area (TPSA) is 13.1 Å². The van der Waals surface area contributed by atoms with Gasteiger partial charge in [-0.3, -0.25) is 0 Å². The Hall–Kier alpha value is -12.4. The molecule has 0 fully saturated rings. The van der Waals surface area contributed by atoms with E-state index in [1.807, 2.05) is 152 Å². The van der Waals surface area contributed by atoms with Crippen LogP contribution in [0.4, 0.5) is 0 Å². The Balaban J connectivity index is 0.000000161. The predicted octanol–water partition coefficient (Wildman–Crippen LogP) is 26.7. The van der Waals surface area contributed by atoms with Gasteiger partial charge in [-0.15, -0.1) is 0 Å². The van der Waals surface area contributed by atoms with Crippen LogP contribution < -0.4 is 0 Å². The summed E-state index contributed by atoms with van der Waals surface area (Å²) in [7, 11) is 0. The minimum absolute atomic E-state index is 0.00278. The highest BCUT2D eigenvalue weighted by atomic mass is 16.3. The van der Waals surface area contributed by atoms with E-state index in [1.54, 1.807) is 48.5 Å². The van der Waals surface area contributed by atoms with E-state index >= 15 is 0 Å². The molecule has 0 N–H and O–H groups in total. The number of rotatable bonds is 8. The zero-order valence-corrected chi connectivity index (χ0v) is 50.4. The van der Waals surface area contributed by atoms with Crippen molar-refractivity contribution in [3.05, 3.63) is 363 Å². The van der Waals surface area contributed by atoms with Crippen LogP contribution in [-0.2, 0) is 0 Å². The van der Waals surface area contributed by atoms with Crippen LogP contribution in [0.15, 0.2) is 368 Å². The highest BCUT2D eigenvalue weighted by Crippen LogP contribution is 2.50. The fourth-order valence-corrected chi connectivity index (χ4v) is 14.0. The van der Waals surface area contributed by atoms with Gasteiger partial charge in [-0.25, -0.2) is 0 Å². The Morgan fingerprint density at radius 1 is 0.189 bits per heavy atom. The van der Waals surface area contributed by atoms with Crippen molar-refractivity contribution in [2.75, 3.05) is 0 Å². The van der Waals surface area contributed by atoms with Crippen LogP contribution in [0.2, 0.25) is 0 Å². The van der Waals surface area contributed by atoms with Gasteiger partial charge >= 0.3 is 0 Å². The van der Waals surface area contributed by atoms with E-state index in [-0.39, 0.29) is 95.1 Å². The Bertz CT molecular complexity index is 7340. The van der Waals surface area contributed by atoms with Crippen LogP contribution in [0.25, 0.3) is 186 Å². The second kappa shape index (κ2) is 23.4. The monoisotopic (exact) mass is 1230 g/mol. The zero-order chi connectivity index (χ0) is 81.0. The van der Waals surface area contributed by atoms with E-state index in [0.717, 1.165) is 76.7 Å². The van der Waals surface area contributed by atoms with Crippen LogP contribution in [0, 0.1) is 0 Å². The van der Waals surface area contributed by atoms with Crippen LogP contribution >= 0.6 is 0 Å². The van der Waals surface area contributed by atoms with E-state index in [1.165, 1.54) is 6.07 Å². The fraction of sp³-hybridized carbons (Fsp3) is 0. The SMILES string of the molecule is [2H]c1c([2H])c([2H])c(-c2ccccc2-c2c3c([2H])c([2H])c([2H])c([2H])c3c(-c3cccc4c(-c5ccc6ccccc6c5)cccc34)c3c([2H])c([2H])c([2H])c([2H])c23)c([2H])c1[2H].[2H]c1c([2H])c([2H])c2c(-c3cc(-c4cccc5oc6ccc(-c7ccccc7)cc6c45)c4ccccc4c3)c3c([2H])c([2H])c([2H])c([2H])c3c(-c3ccccc3)c2c1[2H]. The zero-order valence-electron chi connectivity index (χ0n) is 71.4. The molecule has 1 aromatic heterocycles. The molecule has 0 saturated heterocycles. The molecule has 0 aliphatic heterocycles. The van der Waals surface area contributed by atoms with Gasteiger partial charge in [-0.2, -0.15) is 0 Å². The number of furan rings is 1.